The van der Waals surface area contributed by atoms with Gasteiger partial charge in [-0.1, -0.05) is 0 Å². The first kappa shape index (κ1) is 14.7. The Kier molecular flexibility index (Phi) is 4.21. The van der Waals surface area contributed by atoms with Crippen molar-refractivity contribution in [1.29, 1.82) is 0 Å². The zero-order chi connectivity index (χ0) is 14.8. The average Bonchev–Trinajstić information content (AvgIpc) is 2.98. The van der Waals surface area contributed by atoms with Crippen LogP contribution in [0, 0.1) is 0 Å². The van der Waals surface area contributed by atoms with Crippen LogP contribution in [0.4, 0.5) is 0 Å². The number of carboxylic acids is 1. The Morgan fingerprint density at radius 3 is 2.85 bits per heavy atom. The number of carboxylic acid groups (broad SMARTS) is 1. The van der Waals surface area contributed by atoms with Crippen LogP contribution in [0.5, 0.6) is 0 Å². The second-order valence-electron chi connectivity index (χ2n) is 4.13. The first-order chi connectivity index (χ1) is 9.38. The van der Waals surface area contributed by atoms with Gasteiger partial charge in [0.1, 0.15) is 4.21 Å². The van der Waals surface area contributed by atoms with Crippen LogP contribution in [0.2, 0.25) is 0 Å². The van der Waals surface area contributed by atoms with Crippen LogP contribution in [0.15, 0.2) is 28.0 Å². The summed E-state index contributed by atoms with van der Waals surface area (Å²) < 4.78 is 28.0. The summed E-state index contributed by atoms with van der Waals surface area (Å²) in [5.41, 5.74) is 0.898. The van der Waals surface area contributed by atoms with Crippen molar-refractivity contribution in [2.24, 2.45) is 7.05 Å². The fraction of sp³-hybridized carbons (Fsp3) is 0.273. The largest absolute Gasteiger partial charge is 0.478 e. The summed E-state index contributed by atoms with van der Waals surface area (Å²) in [5, 5.41) is 14.1. The molecule has 0 spiro atoms. The maximum absolute atomic E-state index is 11.9. The van der Waals surface area contributed by atoms with Crippen LogP contribution in [-0.4, -0.2) is 35.8 Å². The molecule has 0 fully saturated rings. The predicted octanol–water partition coefficient (Wildman–Crippen LogP) is 0.701. The standard InChI is InChI=1S/C11H13N3O4S2/c1-14-6-8(5-12-14)2-3-13-20(17,18)10-4-9(7-19-10)11(15)16/h4-7,13H,2-3H2,1H3,(H,15,16). The predicted molar refractivity (Wildman–Crippen MR) is 73.4 cm³/mol. The van der Waals surface area contributed by atoms with Gasteiger partial charge in [0.2, 0.25) is 10.0 Å². The smallest absolute Gasteiger partial charge is 0.336 e. The van der Waals surface area contributed by atoms with E-state index in [1.807, 2.05) is 6.20 Å². The van der Waals surface area contributed by atoms with Crippen molar-refractivity contribution >= 4 is 27.3 Å². The summed E-state index contributed by atoms with van der Waals surface area (Å²) in [5.74, 6) is -1.14. The maximum Gasteiger partial charge on any atom is 0.336 e. The molecule has 0 amide bonds. The van der Waals surface area contributed by atoms with Crippen molar-refractivity contribution in [2.45, 2.75) is 10.6 Å². The van der Waals surface area contributed by atoms with Crippen LogP contribution in [0.1, 0.15) is 15.9 Å². The maximum atomic E-state index is 11.9. The highest BCUT2D eigenvalue weighted by molar-refractivity contribution is 7.91. The SMILES string of the molecule is Cn1cc(CCNS(=O)(=O)c2cc(C(=O)O)cs2)cn1. The van der Waals surface area contributed by atoms with E-state index >= 15 is 0 Å². The molecule has 9 heteroatoms. The van der Waals surface area contributed by atoms with Crippen LogP contribution in [0.3, 0.4) is 0 Å². The van der Waals surface area contributed by atoms with Gasteiger partial charge >= 0.3 is 5.97 Å². The molecule has 2 N–H and O–H groups in total. The molecule has 2 heterocycles. The highest BCUT2D eigenvalue weighted by Gasteiger charge is 2.18. The molecule has 20 heavy (non-hydrogen) atoms. The average molecular weight is 315 g/mol. The van der Waals surface area contributed by atoms with Gasteiger partial charge in [0.25, 0.3) is 0 Å². The van der Waals surface area contributed by atoms with Crippen molar-refractivity contribution in [3.8, 4) is 0 Å². The topological polar surface area (TPSA) is 101 Å². The van der Waals surface area contributed by atoms with Crippen LogP contribution in [0.25, 0.3) is 0 Å². The molecule has 0 aliphatic heterocycles. The highest BCUT2D eigenvalue weighted by atomic mass is 32.2. The highest BCUT2D eigenvalue weighted by Crippen LogP contribution is 2.19. The second kappa shape index (κ2) is 5.73. The van der Waals surface area contributed by atoms with Crippen LogP contribution < -0.4 is 4.72 Å². The molecular formula is C11H13N3O4S2. The number of aromatic nitrogens is 2. The first-order valence-corrected chi connectivity index (χ1v) is 8.04. The summed E-state index contributed by atoms with van der Waals surface area (Å²) in [7, 11) is -1.87. The molecule has 2 aromatic rings. The van der Waals surface area contributed by atoms with Gasteiger partial charge < -0.3 is 5.11 Å². The van der Waals surface area contributed by atoms with E-state index in [9.17, 15) is 13.2 Å². The third kappa shape index (κ3) is 3.44. The molecule has 2 rings (SSSR count). The van der Waals surface area contributed by atoms with E-state index in [4.69, 9.17) is 5.11 Å². The minimum atomic E-state index is -3.66. The van der Waals surface area contributed by atoms with Crippen molar-refractivity contribution in [3.05, 3.63) is 35.0 Å². The number of thiophene rings is 1. The lowest BCUT2D eigenvalue weighted by Crippen LogP contribution is -2.25. The molecular weight excluding hydrogens is 302 g/mol. The number of hydrogen-bond donors (Lipinski definition) is 2. The molecule has 7 nitrogen and oxygen atoms in total. The molecule has 108 valence electrons. The summed E-state index contributed by atoms with van der Waals surface area (Å²) in [6.07, 6.45) is 3.99. The molecule has 0 aliphatic rings. The normalized spacial score (nSPS) is 11.7. The molecule has 0 atom stereocenters. The third-order valence-electron chi connectivity index (χ3n) is 2.55. The van der Waals surface area contributed by atoms with Gasteiger partial charge in [0.15, 0.2) is 0 Å². The van der Waals surface area contributed by atoms with E-state index in [0.29, 0.717) is 6.42 Å². The van der Waals surface area contributed by atoms with Crippen LogP contribution >= 0.6 is 11.3 Å². The number of rotatable bonds is 6. The van der Waals surface area contributed by atoms with Gasteiger partial charge in [-0.3, -0.25) is 4.68 Å². The number of nitrogens with one attached hydrogen (secondary N) is 1. The Morgan fingerprint density at radius 1 is 1.55 bits per heavy atom. The lowest BCUT2D eigenvalue weighted by atomic mass is 10.3. The van der Waals surface area contributed by atoms with Gasteiger partial charge in [-0.05, 0) is 18.1 Å². The Balaban J connectivity index is 1.98. The number of carbonyl (C=O) groups is 1. The van der Waals surface area contributed by atoms with Gasteiger partial charge in [0.05, 0.1) is 11.8 Å². The number of aromatic carboxylic acids is 1. The Bertz CT molecular complexity index is 718. The van der Waals surface area contributed by atoms with E-state index in [0.717, 1.165) is 23.0 Å². The number of aryl methyl sites for hydroxylation is 1. The fourth-order valence-corrected chi connectivity index (χ4v) is 3.80. The van der Waals surface area contributed by atoms with E-state index in [2.05, 4.69) is 9.82 Å². The second-order valence-corrected chi connectivity index (χ2v) is 7.03. The van der Waals surface area contributed by atoms with E-state index < -0.39 is 16.0 Å². The third-order valence-corrected chi connectivity index (χ3v) is 5.45. The van der Waals surface area contributed by atoms with Crippen molar-refractivity contribution in [3.63, 3.8) is 0 Å². The van der Waals surface area contributed by atoms with Gasteiger partial charge in [0, 0.05) is 25.2 Å². The summed E-state index contributed by atoms with van der Waals surface area (Å²) in [6, 6.07) is 1.15. The summed E-state index contributed by atoms with van der Waals surface area (Å²) >= 11 is 0.887. The fourth-order valence-electron chi connectivity index (χ4n) is 1.57. The minimum Gasteiger partial charge on any atom is -0.478 e. The quantitative estimate of drug-likeness (QED) is 0.817. The molecule has 2 aromatic heterocycles. The van der Waals surface area contributed by atoms with Crippen molar-refractivity contribution in [2.75, 3.05) is 6.54 Å². The molecule has 0 unspecified atom stereocenters. The van der Waals surface area contributed by atoms with Gasteiger partial charge in [-0.15, -0.1) is 11.3 Å². The van der Waals surface area contributed by atoms with E-state index in [1.54, 1.807) is 17.9 Å². The van der Waals surface area contributed by atoms with Crippen molar-refractivity contribution < 1.29 is 18.3 Å². The number of nitrogens with zero attached hydrogens (tertiary/aromatic N) is 2. The molecule has 0 bridgehead atoms. The number of sulfonamides is 1. The lowest BCUT2D eigenvalue weighted by molar-refractivity contribution is 0.0697. The van der Waals surface area contributed by atoms with Gasteiger partial charge in [-0.25, -0.2) is 17.9 Å². The lowest BCUT2D eigenvalue weighted by Gasteiger charge is -2.03. The summed E-state index contributed by atoms with van der Waals surface area (Å²) in [6.45, 7) is 0.230. The minimum absolute atomic E-state index is 0.00101. The zero-order valence-electron chi connectivity index (χ0n) is 10.6. The Hall–Kier alpha value is -1.71. The zero-order valence-corrected chi connectivity index (χ0v) is 12.2. The monoisotopic (exact) mass is 315 g/mol. The molecule has 0 aliphatic carbocycles. The molecule has 0 saturated carbocycles. The Labute approximate surface area is 119 Å². The summed E-state index contributed by atoms with van der Waals surface area (Å²) in [4.78, 5) is 10.7. The molecule has 0 aromatic carbocycles. The van der Waals surface area contributed by atoms with Crippen molar-refractivity contribution in [1.82, 2.24) is 14.5 Å². The Morgan fingerprint density at radius 2 is 2.30 bits per heavy atom. The van der Waals surface area contributed by atoms with E-state index in [-0.39, 0.29) is 16.3 Å². The van der Waals surface area contributed by atoms with E-state index in [1.165, 1.54) is 5.38 Å². The van der Waals surface area contributed by atoms with Gasteiger partial charge in [-0.2, -0.15) is 5.10 Å². The van der Waals surface area contributed by atoms with Crippen LogP contribution in [-0.2, 0) is 23.5 Å². The first-order valence-electron chi connectivity index (χ1n) is 5.67. The molecule has 0 saturated heterocycles. The number of hydrogen-bond acceptors (Lipinski definition) is 5. The molecule has 0 radical (unpaired) electrons.